The molecule has 0 aromatic carbocycles. The van der Waals surface area contributed by atoms with E-state index < -0.39 is 0 Å². The molecular weight excluding hydrogens is 280 g/mol. The molecule has 0 aliphatic carbocycles. The lowest BCUT2D eigenvalue weighted by Crippen LogP contribution is -2.42. The first-order valence-corrected chi connectivity index (χ1v) is 8.08. The van der Waals surface area contributed by atoms with Crippen LogP contribution >= 0.6 is 0 Å². The second-order valence-electron chi connectivity index (χ2n) is 5.94. The lowest BCUT2D eigenvalue weighted by molar-refractivity contribution is -0.123. The van der Waals surface area contributed by atoms with Crippen molar-refractivity contribution in [2.24, 2.45) is 5.92 Å². The zero-order chi connectivity index (χ0) is 15.8. The fraction of sp³-hybridized carbons (Fsp3) is 0.688. The van der Waals surface area contributed by atoms with Gasteiger partial charge in [0.1, 0.15) is 0 Å². The van der Waals surface area contributed by atoms with Crippen LogP contribution in [0.15, 0.2) is 12.4 Å². The fourth-order valence-electron chi connectivity index (χ4n) is 2.73. The molecule has 0 radical (unpaired) electrons. The van der Waals surface area contributed by atoms with Crippen molar-refractivity contribution in [1.29, 1.82) is 0 Å². The van der Waals surface area contributed by atoms with E-state index in [0.29, 0.717) is 5.92 Å². The molecule has 122 valence electrons. The number of hydrogen-bond acceptors (Lipinski definition) is 5. The van der Waals surface area contributed by atoms with Crippen molar-refractivity contribution in [3.63, 3.8) is 0 Å². The molecule has 1 unspecified atom stereocenters. The van der Waals surface area contributed by atoms with Crippen LogP contribution in [0.3, 0.4) is 0 Å². The maximum absolute atomic E-state index is 11.8. The molecule has 1 aliphatic heterocycles. The molecule has 0 saturated carbocycles. The highest BCUT2D eigenvalue weighted by Crippen LogP contribution is 2.15. The minimum Gasteiger partial charge on any atom is -0.453 e. The molecular formula is C16H26N4O2. The Hall–Kier alpha value is -1.69. The number of nitrogens with one attached hydrogen (secondary N) is 1. The monoisotopic (exact) mass is 306 g/mol. The van der Waals surface area contributed by atoms with Crippen molar-refractivity contribution in [1.82, 2.24) is 20.2 Å². The Balaban J connectivity index is 1.65. The van der Waals surface area contributed by atoms with Crippen molar-refractivity contribution in [3.05, 3.63) is 18.0 Å². The van der Waals surface area contributed by atoms with E-state index in [0.717, 1.165) is 25.2 Å². The van der Waals surface area contributed by atoms with Crippen LogP contribution in [0.25, 0.3) is 0 Å². The first-order valence-electron chi connectivity index (χ1n) is 8.08. The summed E-state index contributed by atoms with van der Waals surface area (Å²) >= 11 is 0. The van der Waals surface area contributed by atoms with Gasteiger partial charge in [0.15, 0.2) is 6.61 Å². The summed E-state index contributed by atoms with van der Waals surface area (Å²) in [7, 11) is 0. The Morgan fingerprint density at radius 2 is 2.23 bits per heavy atom. The van der Waals surface area contributed by atoms with Crippen LogP contribution in [0, 0.1) is 12.8 Å². The van der Waals surface area contributed by atoms with E-state index >= 15 is 0 Å². The van der Waals surface area contributed by atoms with Crippen molar-refractivity contribution in [3.8, 4) is 6.01 Å². The van der Waals surface area contributed by atoms with Gasteiger partial charge in [0.2, 0.25) is 0 Å². The van der Waals surface area contributed by atoms with Crippen LogP contribution < -0.4 is 10.1 Å². The number of carbonyl (C=O) groups excluding carboxylic acids is 1. The predicted molar refractivity (Wildman–Crippen MR) is 84.7 cm³/mol. The van der Waals surface area contributed by atoms with Gasteiger partial charge in [0.05, 0.1) is 0 Å². The number of ether oxygens (including phenoxy) is 1. The summed E-state index contributed by atoms with van der Waals surface area (Å²) < 4.78 is 5.28. The van der Waals surface area contributed by atoms with E-state index in [9.17, 15) is 4.79 Å². The molecule has 1 atom stereocenters. The summed E-state index contributed by atoms with van der Waals surface area (Å²) in [6.45, 7) is 8.21. The summed E-state index contributed by atoms with van der Waals surface area (Å²) in [5, 5.41) is 2.95. The second-order valence-corrected chi connectivity index (χ2v) is 5.94. The highest BCUT2D eigenvalue weighted by atomic mass is 16.5. The number of rotatable bonds is 7. The average Bonchev–Trinajstić information content (AvgIpc) is 2.53. The standard InChI is InChI=1S/C16H26N4O2/c1-3-6-20-7-4-5-14(11-20)10-17-15(21)12-22-16-18-8-13(2)9-19-16/h8-9,14H,3-7,10-12H2,1-2H3,(H,17,21). The van der Waals surface area contributed by atoms with Gasteiger partial charge in [-0.2, -0.15) is 0 Å². The Morgan fingerprint density at radius 3 is 2.95 bits per heavy atom. The zero-order valence-corrected chi connectivity index (χ0v) is 13.5. The molecule has 1 amide bonds. The maximum Gasteiger partial charge on any atom is 0.316 e. The van der Waals surface area contributed by atoms with Crippen LogP contribution in [-0.4, -0.2) is 53.6 Å². The molecule has 2 rings (SSSR count). The molecule has 6 heteroatoms. The molecule has 1 fully saturated rings. The van der Waals surface area contributed by atoms with Crippen molar-refractivity contribution in [2.75, 3.05) is 32.8 Å². The smallest absolute Gasteiger partial charge is 0.316 e. The Morgan fingerprint density at radius 1 is 1.45 bits per heavy atom. The highest BCUT2D eigenvalue weighted by molar-refractivity contribution is 5.77. The molecule has 1 aromatic heterocycles. The molecule has 1 saturated heterocycles. The van der Waals surface area contributed by atoms with E-state index in [1.54, 1.807) is 12.4 Å². The number of amides is 1. The fourth-order valence-corrected chi connectivity index (χ4v) is 2.73. The minimum atomic E-state index is -0.114. The minimum absolute atomic E-state index is 0.0333. The molecule has 1 aromatic rings. The number of nitrogens with zero attached hydrogens (tertiary/aromatic N) is 3. The lowest BCUT2D eigenvalue weighted by Gasteiger charge is -2.32. The van der Waals surface area contributed by atoms with E-state index in [-0.39, 0.29) is 18.5 Å². The number of piperidine rings is 1. The van der Waals surface area contributed by atoms with Crippen molar-refractivity contribution < 1.29 is 9.53 Å². The van der Waals surface area contributed by atoms with Crippen LogP contribution in [0.5, 0.6) is 6.01 Å². The van der Waals surface area contributed by atoms with E-state index in [2.05, 4.69) is 27.1 Å². The van der Waals surface area contributed by atoms with Gasteiger partial charge >= 0.3 is 6.01 Å². The van der Waals surface area contributed by atoms with E-state index in [1.807, 2.05) is 6.92 Å². The second kappa shape index (κ2) is 8.68. The van der Waals surface area contributed by atoms with Gasteiger partial charge in [-0.25, -0.2) is 9.97 Å². The summed E-state index contributed by atoms with van der Waals surface area (Å²) in [6.07, 6.45) is 6.93. The number of hydrogen-bond donors (Lipinski definition) is 1. The van der Waals surface area contributed by atoms with Crippen LogP contribution in [0.1, 0.15) is 31.7 Å². The molecule has 2 heterocycles. The quantitative estimate of drug-likeness (QED) is 0.825. The molecule has 1 aliphatic rings. The van der Waals surface area contributed by atoms with E-state index in [1.165, 1.54) is 25.8 Å². The van der Waals surface area contributed by atoms with Gasteiger partial charge in [-0.1, -0.05) is 6.92 Å². The molecule has 22 heavy (non-hydrogen) atoms. The normalized spacial score (nSPS) is 18.9. The molecule has 6 nitrogen and oxygen atoms in total. The van der Waals surface area contributed by atoms with Crippen molar-refractivity contribution in [2.45, 2.75) is 33.1 Å². The Kier molecular flexibility index (Phi) is 6.58. The van der Waals surface area contributed by atoms with Crippen molar-refractivity contribution >= 4 is 5.91 Å². The van der Waals surface area contributed by atoms with Gasteiger partial charge in [-0.3, -0.25) is 4.79 Å². The largest absolute Gasteiger partial charge is 0.453 e. The third-order valence-corrected chi connectivity index (χ3v) is 3.82. The summed E-state index contributed by atoms with van der Waals surface area (Å²) in [5.74, 6) is 0.427. The van der Waals surface area contributed by atoms with Crippen LogP contribution in [0.4, 0.5) is 0 Å². The van der Waals surface area contributed by atoms with Crippen LogP contribution in [-0.2, 0) is 4.79 Å². The Bertz CT molecular complexity index is 462. The lowest BCUT2D eigenvalue weighted by atomic mass is 9.98. The van der Waals surface area contributed by atoms with Gasteiger partial charge in [0, 0.05) is 25.5 Å². The zero-order valence-electron chi connectivity index (χ0n) is 13.5. The topological polar surface area (TPSA) is 67.4 Å². The van der Waals surface area contributed by atoms with Gasteiger partial charge in [-0.05, 0) is 50.8 Å². The SMILES string of the molecule is CCCN1CCCC(CNC(=O)COc2ncc(C)cn2)C1. The number of aryl methyl sites for hydroxylation is 1. The summed E-state index contributed by atoms with van der Waals surface area (Å²) in [4.78, 5) is 22.3. The molecule has 0 bridgehead atoms. The maximum atomic E-state index is 11.8. The highest BCUT2D eigenvalue weighted by Gasteiger charge is 2.19. The Labute approximate surface area is 132 Å². The first kappa shape index (κ1) is 16.7. The molecule has 1 N–H and O–H groups in total. The average molecular weight is 306 g/mol. The summed E-state index contributed by atoms with van der Waals surface area (Å²) in [6, 6.07) is 0.243. The molecule has 0 spiro atoms. The third-order valence-electron chi connectivity index (χ3n) is 3.82. The van der Waals surface area contributed by atoms with E-state index in [4.69, 9.17) is 4.74 Å². The first-order chi connectivity index (χ1) is 10.7. The van der Waals surface area contributed by atoms with Gasteiger partial charge < -0.3 is 15.0 Å². The predicted octanol–water partition coefficient (Wildman–Crippen LogP) is 1.40. The number of likely N-dealkylation sites (tertiary alicyclic amines) is 1. The number of aromatic nitrogens is 2. The van der Waals surface area contributed by atoms with Crippen LogP contribution in [0.2, 0.25) is 0 Å². The third kappa shape index (κ3) is 5.60. The van der Waals surface area contributed by atoms with Gasteiger partial charge in [-0.15, -0.1) is 0 Å². The van der Waals surface area contributed by atoms with Gasteiger partial charge in [0.25, 0.3) is 5.91 Å². The summed E-state index contributed by atoms with van der Waals surface area (Å²) in [5.41, 5.74) is 0.964. The number of carbonyl (C=O) groups is 1.